The molecule has 10 heteroatoms. The fourth-order valence-electron chi connectivity index (χ4n) is 4.09. The second-order valence-corrected chi connectivity index (χ2v) is 9.74. The van der Waals surface area contributed by atoms with Crippen molar-refractivity contribution in [2.75, 3.05) is 25.2 Å². The molecular weight excluding hydrogens is 448 g/mol. The summed E-state index contributed by atoms with van der Waals surface area (Å²) < 4.78 is 38.4. The van der Waals surface area contributed by atoms with Crippen LogP contribution in [0.15, 0.2) is 59.5 Å². The number of nitrogens with zero attached hydrogens (tertiary/aromatic N) is 2. The maximum absolute atomic E-state index is 13.5. The Morgan fingerprint density at radius 1 is 1.12 bits per heavy atom. The van der Waals surface area contributed by atoms with Gasteiger partial charge in [-0.25, -0.2) is 18.1 Å². The molecule has 2 aliphatic rings. The number of sulfonamides is 1. The highest BCUT2D eigenvalue weighted by Crippen LogP contribution is 2.31. The molecule has 0 radical (unpaired) electrons. The summed E-state index contributed by atoms with van der Waals surface area (Å²) in [6.07, 6.45) is 0.852. The number of amides is 2. The van der Waals surface area contributed by atoms with Crippen molar-refractivity contribution in [2.45, 2.75) is 36.3 Å². The van der Waals surface area contributed by atoms with Gasteiger partial charge in [0.05, 0.1) is 35.8 Å². The van der Waals surface area contributed by atoms with E-state index in [0.717, 1.165) is 15.6 Å². The van der Waals surface area contributed by atoms with Crippen molar-refractivity contribution in [3.05, 3.63) is 60.2 Å². The number of esters is 1. The quantitative estimate of drug-likeness (QED) is 0.448. The van der Waals surface area contributed by atoms with E-state index in [1.165, 1.54) is 43.5 Å². The predicted octanol–water partition coefficient (Wildman–Crippen LogP) is 1.97. The van der Waals surface area contributed by atoms with Crippen LogP contribution in [0.3, 0.4) is 0 Å². The predicted molar refractivity (Wildman–Crippen MR) is 118 cm³/mol. The molecule has 9 nitrogen and oxygen atoms in total. The molecule has 2 aliphatic heterocycles. The van der Waals surface area contributed by atoms with E-state index in [1.807, 2.05) is 0 Å². The zero-order valence-corrected chi connectivity index (χ0v) is 18.9. The molecular formula is C23H24N2O7S. The van der Waals surface area contributed by atoms with Crippen LogP contribution >= 0.6 is 0 Å². The van der Waals surface area contributed by atoms with Crippen LogP contribution in [-0.2, 0) is 29.1 Å². The number of benzene rings is 2. The standard InChI is InChI=1S/C23H24N2O7S/c1-31-23(28)16-9-11-17(12-10-16)25-21(26)14-20(22(25)27)24(15-18-6-5-13-32-18)33(29,30)19-7-3-2-4-8-19/h2-4,7-12,18,20H,5-6,13-15H2,1H3. The van der Waals surface area contributed by atoms with Gasteiger partial charge in [-0.3, -0.25) is 9.59 Å². The largest absolute Gasteiger partial charge is 0.465 e. The number of anilines is 1. The van der Waals surface area contributed by atoms with E-state index in [1.54, 1.807) is 18.2 Å². The van der Waals surface area contributed by atoms with Gasteiger partial charge in [0.1, 0.15) is 6.04 Å². The van der Waals surface area contributed by atoms with Gasteiger partial charge in [-0.15, -0.1) is 0 Å². The van der Waals surface area contributed by atoms with E-state index in [9.17, 15) is 22.8 Å². The number of carbonyl (C=O) groups excluding carboxylic acids is 3. The maximum Gasteiger partial charge on any atom is 0.337 e. The molecule has 33 heavy (non-hydrogen) atoms. The lowest BCUT2D eigenvalue weighted by Gasteiger charge is -2.28. The molecule has 2 heterocycles. The fraction of sp³-hybridized carbons (Fsp3) is 0.348. The van der Waals surface area contributed by atoms with E-state index in [-0.39, 0.29) is 35.2 Å². The molecule has 2 aromatic carbocycles. The second-order valence-electron chi connectivity index (χ2n) is 7.85. The molecule has 0 spiro atoms. The average Bonchev–Trinajstić information content (AvgIpc) is 3.45. The van der Waals surface area contributed by atoms with Crippen molar-refractivity contribution in [1.29, 1.82) is 0 Å². The highest BCUT2D eigenvalue weighted by Gasteiger charge is 2.47. The second kappa shape index (κ2) is 9.42. The fourth-order valence-corrected chi connectivity index (χ4v) is 5.72. The summed E-state index contributed by atoms with van der Waals surface area (Å²) in [5, 5.41) is 0. The average molecular weight is 473 g/mol. The Balaban J connectivity index is 1.65. The van der Waals surface area contributed by atoms with Gasteiger partial charge in [0.2, 0.25) is 15.9 Å². The van der Waals surface area contributed by atoms with Crippen LogP contribution in [0.2, 0.25) is 0 Å². The van der Waals surface area contributed by atoms with E-state index >= 15 is 0 Å². The zero-order chi connectivity index (χ0) is 23.6. The highest BCUT2D eigenvalue weighted by atomic mass is 32.2. The molecule has 2 atom stereocenters. The van der Waals surface area contributed by atoms with Crippen molar-refractivity contribution < 1.29 is 32.3 Å². The molecule has 0 N–H and O–H groups in total. The number of hydrogen-bond donors (Lipinski definition) is 0. The molecule has 2 amide bonds. The van der Waals surface area contributed by atoms with Gasteiger partial charge in [0.15, 0.2) is 0 Å². The van der Waals surface area contributed by atoms with Crippen molar-refractivity contribution in [3.8, 4) is 0 Å². The number of methoxy groups -OCH3 is 1. The van der Waals surface area contributed by atoms with E-state index in [4.69, 9.17) is 4.74 Å². The van der Waals surface area contributed by atoms with Crippen molar-refractivity contribution >= 4 is 33.5 Å². The molecule has 0 bridgehead atoms. The van der Waals surface area contributed by atoms with E-state index in [2.05, 4.69) is 4.74 Å². The summed E-state index contributed by atoms with van der Waals surface area (Å²) in [6, 6.07) is 12.5. The van der Waals surface area contributed by atoms with Crippen LogP contribution in [0.4, 0.5) is 5.69 Å². The van der Waals surface area contributed by atoms with Crippen LogP contribution < -0.4 is 4.90 Å². The molecule has 2 saturated heterocycles. The molecule has 2 fully saturated rings. The van der Waals surface area contributed by atoms with E-state index < -0.39 is 33.8 Å². The summed E-state index contributed by atoms with van der Waals surface area (Å²) in [5.74, 6) is -1.70. The normalized spacial score (nSPS) is 21.1. The van der Waals surface area contributed by atoms with Crippen LogP contribution in [-0.4, -0.2) is 62.9 Å². The first kappa shape index (κ1) is 23.1. The Morgan fingerprint density at radius 2 is 1.82 bits per heavy atom. The summed E-state index contributed by atoms with van der Waals surface area (Å²) >= 11 is 0. The minimum absolute atomic E-state index is 0.0178. The minimum Gasteiger partial charge on any atom is -0.465 e. The van der Waals surface area contributed by atoms with Gasteiger partial charge in [0.25, 0.3) is 5.91 Å². The first-order valence-electron chi connectivity index (χ1n) is 10.6. The maximum atomic E-state index is 13.5. The van der Waals surface area contributed by atoms with Crippen molar-refractivity contribution in [3.63, 3.8) is 0 Å². The Kier molecular flexibility index (Phi) is 6.59. The zero-order valence-electron chi connectivity index (χ0n) is 18.0. The molecule has 2 aromatic rings. The molecule has 0 aliphatic carbocycles. The third-order valence-electron chi connectivity index (χ3n) is 5.77. The van der Waals surface area contributed by atoms with E-state index in [0.29, 0.717) is 13.0 Å². The van der Waals surface area contributed by atoms with Crippen molar-refractivity contribution in [1.82, 2.24) is 4.31 Å². The Morgan fingerprint density at radius 3 is 2.42 bits per heavy atom. The van der Waals surface area contributed by atoms with Gasteiger partial charge in [-0.2, -0.15) is 4.31 Å². The minimum atomic E-state index is -4.06. The molecule has 2 unspecified atom stereocenters. The van der Waals surface area contributed by atoms with Crippen LogP contribution in [0.1, 0.15) is 29.6 Å². The van der Waals surface area contributed by atoms with Gasteiger partial charge in [0, 0.05) is 13.2 Å². The Labute approximate surface area is 191 Å². The summed E-state index contributed by atoms with van der Waals surface area (Å²) in [7, 11) is -2.81. The molecule has 4 rings (SSSR count). The number of ether oxygens (including phenoxy) is 2. The van der Waals surface area contributed by atoms with Gasteiger partial charge in [-0.1, -0.05) is 18.2 Å². The molecule has 174 valence electrons. The number of hydrogen-bond acceptors (Lipinski definition) is 7. The van der Waals surface area contributed by atoms with Gasteiger partial charge < -0.3 is 9.47 Å². The topological polar surface area (TPSA) is 110 Å². The molecule has 0 saturated carbocycles. The van der Waals surface area contributed by atoms with Crippen molar-refractivity contribution in [2.24, 2.45) is 0 Å². The Hall–Kier alpha value is -3.08. The first-order valence-corrected chi connectivity index (χ1v) is 12.0. The van der Waals surface area contributed by atoms with Crippen LogP contribution in [0.25, 0.3) is 0 Å². The lowest BCUT2D eigenvalue weighted by Crippen LogP contribution is -2.48. The van der Waals surface area contributed by atoms with Gasteiger partial charge in [-0.05, 0) is 49.2 Å². The Bertz CT molecular complexity index is 1140. The monoisotopic (exact) mass is 472 g/mol. The summed E-state index contributed by atoms with van der Waals surface area (Å²) in [5.41, 5.74) is 0.526. The van der Waals surface area contributed by atoms with Gasteiger partial charge >= 0.3 is 5.97 Å². The van der Waals surface area contributed by atoms with Crippen LogP contribution in [0, 0.1) is 0 Å². The summed E-state index contributed by atoms with van der Waals surface area (Å²) in [6.45, 7) is 0.510. The number of carbonyl (C=O) groups is 3. The lowest BCUT2D eigenvalue weighted by molar-refractivity contribution is -0.122. The number of rotatable bonds is 7. The number of imide groups is 1. The third kappa shape index (κ3) is 4.54. The smallest absolute Gasteiger partial charge is 0.337 e. The first-order chi connectivity index (χ1) is 15.8. The van der Waals surface area contributed by atoms with Crippen LogP contribution in [0.5, 0.6) is 0 Å². The third-order valence-corrected chi connectivity index (χ3v) is 7.66. The summed E-state index contributed by atoms with van der Waals surface area (Å²) in [4.78, 5) is 38.9. The molecule has 0 aromatic heterocycles. The lowest BCUT2D eigenvalue weighted by atomic mass is 10.2. The highest BCUT2D eigenvalue weighted by molar-refractivity contribution is 7.89. The SMILES string of the molecule is COC(=O)c1ccc(N2C(=O)CC(N(CC3CCCO3)S(=O)(=O)c3ccccc3)C2=O)cc1.